The van der Waals surface area contributed by atoms with Crippen molar-refractivity contribution >= 4 is 23.5 Å². The van der Waals surface area contributed by atoms with Crippen LogP contribution in [-0.4, -0.2) is 18.0 Å². The molecule has 0 heterocycles. The van der Waals surface area contributed by atoms with Gasteiger partial charge in [-0.15, -0.1) is 0 Å². The highest BCUT2D eigenvalue weighted by Gasteiger charge is 2.17. The zero-order valence-electron chi connectivity index (χ0n) is 13.6. The van der Waals surface area contributed by atoms with E-state index in [9.17, 15) is 14.0 Å². The Bertz CT molecular complexity index is 525. The predicted molar refractivity (Wildman–Crippen MR) is 85.9 cm³/mol. The molecular formula is C17H22ClFO4. The maximum atomic E-state index is 13.5. The Morgan fingerprint density at radius 3 is 2.43 bits per heavy atom. The Balaban J connectivity index is 2.38. The van der Waals surface area contributed by atoms with Gasteiger partial charge in [-0.3, -0.25) is 9.59 Å². The van der Waals surface area contributed by atoms with E-state index in [1.54, 1.807) is 0 Å². The van der Waals surface area contributed by atoms with E-state index in [1.165, 1.54) is 12.1 Å². The number of carbonyl (C=O) groups excluding carboxylic acids is 2. The Morgan fingerprint density at radius 2 is 1.87 bits per heavy atom. The van der Waals surface area contributed by atoms with Gasteiger partial charge in [0.25, 0.3) is 0 Å². The van der Waals surface area contributed by atoms with Crippen LogP contribution >= 0.6 is 11.6 Å². The van der Waals surface area contributed by atoms with E-state index < -0.39 is 11.8 Å². The van der Waals surface area contributed by atoms with Crippen LogP contribution in [0.5, 0.6) is 5.75 Å². The quantitative estimate of drug-likeness (QED) is 0.513. The maximum Gasteiger partial charge on any atom is 0.311 e. The highest BCUT2D eigenvalue weighted by molar-refractivity contribution is 6.32. The topological polar surface area (TPSA) is 52.6 Å². The third-order valence-electron chi connectivity index (χ3n) is 3.33. The van der Waals surface area contributed by atoms with Gasteiger partial charge in [-0.1, -0.05) is 38.4 Å². The van der Waals surface area contributed by atoms with Gasteiger partial charge in [0, 0.05) is 12.8 Å². The first-order valence-electron chi connectivity index (χ1n) is 7.69. The third-order valence-corrected chi connectivity index (χ3v) is 3.62. The Labute approximate surface area is 140 Å². The van der Waals surface area contributed by atoms with E-state index in [2.05, 4.69) is 0 Å². The van der Waals surface area contributed by atoms with Crippen LogP contribution in [0.4, 0.5) is 4.39 Å². The zero-order chi connectivity index (χ0) is 17.4. The van der Waals surface area contributed by atoms with Crippen molar-refractivity contribution in [1.82, 2.24) is 0 Å². The van der Waals surface area contributed by atoms with Crippen molar-refractivity contribution in [3.8, 4) is 5.75 Å². The average Bonchev–Trinajstić information content (AvgIpc) is 2.48. The monoisotopic (exact) mass is 344 g/mol. The summed E-state index contributed by atoms with van der Waals surface area (Å²) in [6.07, 6.45) is 1.00. The highest BCUT2D eigenvalue weighted by Crippen LogP contribution is 2.27. The summed E-state index contributed by atoms with van der Waals surface area (Å²) in [5.74, 6) is -1.72. The van der Waals surface area contributed by atoms with Crippen LogP contribution in [0.15, 0.2) is 18.2 Å². The highest BCUT2D eigenvalue weighted by atomic mass is 35.5. The van der Waals surface area contributed by atoms with Crippen LogP contribution in [0.2, 0.25) is 5.02 Å². The van der Waals surface area contributed by atoms with Crippen LogP contribution in [0, 0.1) is 11.7 Å². The molecule has 1 aromatic carbocycles. The number of hydrogen-bond acceptors (Lipinski definition) is 4. The molecule has 0 aliphatic heterocycles. The lowest BCUT2D eigenvalue weighted by atomic mass is 10.1. The number of rotatable bonds is 8. The van der Waals surface area contributed by atoms with E-state index in [4.69, 9.17) is 21.1 Å². The summed E-state index contributed by atoms with van der Waals surface area (Å²) in [5.41, 5.74) is 0. The second kappa shape index (κ2) is 9.50. The molecular weight excluding hydrogens is 323 g/mol. The van der Waals surface area contributed by atoms with Gasteiger partial charge in [0.2, 0.25) is 0 Å². The number of halogens is 2. The van der Waals surface area contributed by atoms with Crippen molar-refractivity contribution < 1.29 is 23.5 Å². The summed E-state index contributed by atoms with van der Waals surface area (Å²) in [6, 6.07) is 4.01. The standard InChI is InChI=1S/C17H22ClFO4/c1-4-14(11(2)3)22-15(20)9-6-10-16(21)23-17-12(18)7-5-8-13(17)19/h5,7-8,11,14H,4,6,9-10H2,1-3H3. The van der Waals surface area contributed by atoms with Crippen LogP contribution in [-0.2, 0) is 14.3 Å². The maximum absolute atomic E-state index is 13.5. The Hall–Kier alpha value is -1.62. The summed E-state index contributed by atoms with van der Waals surface area (Å²) in [5, 5.41) is 0.0282. The first kappa shape index (κ1) is 19.4. The molecule has 1 aromatic rings. The predicted octanol–water partition coefficient (Wildman–Crippen LogP) is 4.53. The van der Waals surface area contributed by atoms with Gasteiger partial charge in [-0.05, 0) is 30.9 Å². The number of carbonyl (C=O) groups is 2. The number of hydrogen-bond donors (Lipinski definition) is 0. The number of para-hydroxylation sites is 1. The molecule has 4 nitrogen and oxygen atoms in total. The van der Waals surface area contributed by atoms with Gasteiger partial charge in [-0.2, -0.15) is 0 Å². The molecule has 1 atom stereocenters. The summed E-state index contributed by atoms with van der Waals surface area (Å²) in [6.45, 7) is 5.92. The molecule has 6 heteroatoms. The van der Waals surface area contributed by atoms with Gasteiger partial charge in [0.05, 0.1) is 5.02 Å². The molecule has 0 aromatic heterocycles. The van der Waals surface area contributed by atoms with E-state index in [-0.39, 0.29) is 48.0 Å². The normalized spacial score (nSPS) is 12.1. The molecule has 0 aliphatic rings. The van der Waals surface area contributed by atoms with Crippen molar-refractivity contribution in [3.05, 3.63) is 29.0 Å². The fraction of sp³-hybridized carbons (Fsp3) is 0.529. The SMILES string of the molecule is CCC(OC(=O)CCCC(=O)Oc1c(F)cccc1Cl)C(C)C. The van der Waals surface area contributed by atoms with E-state index in [1.807, 2.05) is 20.8 Å². The van der Waals surface area contributed by atoms with Crippen molar-refractivity contribution in [3.63, 3.8) is 0 Å². The van der Waals surface area contributed by atoms with Gasteiger partial charge in [-0.25, -0.2) is 4.39 Å². The molecule has 128 valence electrons. The first-order valence-corrected chi connectivity index (χ1v) is 8.07. The minimum atomic E-state index is -0.701. The lowest BCUT2D eigenvalue weighted by Gasteiger charge is -2.19. The van der Waals surface area contributed by atoms with Crippen molar-refractivity contribution in [2.45, 2.75) is 52.6 Å². The van der Waals surface area contributed by atoms with Gasteiger partial charge >= 0.3 is 11.9 Å². The summed E-state index contributed by atoms with van der Waals surface area (Å²) >= 11 is 5.77. The fourth-order valence-corrected chi connectivity index (χ4v) is 2.24. The molecule has 23 heavy (non-hydrogen) atoms. The molecule has 0 amide bonds. The molecule has 0 bridgehead atoms. The Morgan fingerprint density at radius 1 is 1.22 bits per heavy atom. The summed E-state index contributed by atoms with van der Waals surface area (Å²) < 4.78 is 23.7. The second-order valence-corrected chi connectivity index (χ2v) is 5.97. The average molecular weight is 345 g/mol. The molecule has 0 aliphatic carbocycles. The molecule has 0 saturated heterocycles. The van der Waals surface area contributed by atoms with Gasteiger partial charge in [0.1, 0.15) is 6.10 Å². The van der Waals surface area contributed by atoms with E-state index in [0.717, 1.165) is 12.5 Å². The molecule has 0 radical (unpaired) electrons. The third kappa shape index (κ3) is 6.57. The number of esters is 2. The fourth-order valence-electron chi connectivity index (χ4n) is 2.04. The van der Waals surface area contributed by atoms with Crippen molar-refractivity contribution in [2.24, 2.45) is 5.92 Å². The van der Waals surface area contributed by atoms with Crippen LogP contribution in [0.25, 0.3) is 0 Å². The molecule has 0 spiro atoms. The lowest BCUT2D eigenvalue weighted by molar-refractivity contribution is -0.151. The molecule has 0 N–H and O–H groups in total. The van der Waals surface area contributed by atoms with Crippen molar-refractivity contribution in [2.75, 3.05) is 0 Å². The molecule has 1 unspecified atom stereocenters. The zero-order valence-corrected chi connectivity index (χ0v) is 14.4. The largest absolute Gasteiger partial charge is 0.462 e. The molecule has 0 saturated carbocycles. The van der Waals surface area contributed by atoms with E-state index in [0.29, 0.717) is 0 Å². The summed E-state index contributed by atoms with van der Waals surface area (Å²) in [4.78, 5) is 23.4. The van der Waals surface area contributed by atoms with Gasteiger partial charge < -0.3 is 9.47 Å². The van der Waals surface area contributed by atoms with Crippen LogP contribution in [0.3, 0.4) is 0 Å². The minimum absolute atomic E-state index is 0.0156. The van der Waals surface area contributed by atoms with Crippen LogP contribution in [0.1, 0.15) is 46.5 Å². The molecule has 1 rings (SSSR count). The number of ether oxygens (including phenoxy) is 2. The van der Waals surface area contributed by atoms with Gasteiger partial charge in [0.15, 0.2) is 11.6 Å². The molecule has 0 fully saturated rings. The minimum Gasteiger partial charge on any atom is -0.462 e. The first-order chi connectivity index (χ1) is 10.8. The van der Waals surface area contributed by atoms with Crippen molar-refractivity contribution in [1.29, 1.82) is 0 Å². The Kier molecular flexibility index (Phi) is 8.03. The number of benzene rings is 1. The summed E-state index contributed by atoms with van der Waals surface area (Å²) in [7, 11) is 0. The lowest BCUT2D eigenvalue weighted by Crippen LogP contribution is -2.22. The van der Waals surface area contributed by atoms with Crippen LogP contribution < -0.4 is 4.74 Å². The smallest absolute Gasteiger partial charge is 0.311 e. The second-order valence-electron chi connectivity index (χ2n) is 5.56. The van der Waals surface area contributed by atoms with E-state index >= 15 is 0 Å².